The van der Waals surface area contributed by atoms with Crippen molar-refractivity contribution in [3.05, 3.63) is 80.9 Å². The van der Waals surface area contributed by atoms with Gasteiger partial charge in [-0.1, -0.05) is 17.7 Å². The molecule has 1 aliphatic rings. The van der Waals surface area contributed by atoms with Crippen LogP contribution in [0, 0.1) is 20.8 Å². The van der Waals surface area contributed by atoms with Gasteiger partial charge in [-0.2, -0.15) is 0 Å². The molecular weight excluding hydrogens is 504 g/mol. The van der Waals surface area contributed by atoms with Crippen molar-refractivity contribution in [2.24, 2.45) is 0 Å². The van der Waals surface area contributed by atoms with Crippen LogP contribution in [0.2, 0.25) is 0 Å². The molecule has 1 aromatic carbocycles. The Morgan fingerprint density at radius 1 is 1.14 bits per heavy atom. The summed E-state index contributed by atoms with van der Waals surface area (Å²) in [4.78, 5) is 31.2. The van der Waals surface area contributed by atoms with Crippen molar-refractivity contribution in [1.29, 1.82) is 0 Å². The van der Waals surface area contributed by atoms with Gasteiger partial charge in [-0.05, 0) is 69.0 Å². The lowest BCUT2D eigenvalue weighted by Crippen LogP contribution is -2.34. The molecule has 2 heterocycles. The summed E-state index contributed by atoms with van der Waals surface area (Å²) in [6.45, 7) is 5.58. The normalized spacial score (nSPS) is 15.8. The Kier molecular flexibility index (Phi) is 7.18. The summed E-state index contributed by atoms with van der Waals surface area (Å²) >= 11 is 0. The number of carbonyl (C=O) groups is 1. The molecule has 1 fully saturated rings. The number of aromatic nitrogens is 2. The van der Waals surface area contributed by atoms with Gasteiger partial charge in [0.15, 0.2) is 4.90 Å². The van der Waals surface area contributed by atoms with Crippen LogP contribution in [-0.4, -0.2) is 30.2 Å². The average molecular weight is 536 g/mol. The smallest absolute Gasteiger partial charge is 0.270 e. The third kappa shape index (κ3) is 5.87. The fourth-order valence-corrected chi connectivity index (χ4v) is 5.57. The maximum atomic E-state index is 13.7. The molecule has 0 spiro atoms. The van der Waals surface area contributed by atoms with Crippen molar-refractivity contribution in [3.8, 4) is 11.6 Å². The van der Waals surface area contributed by atoms with E-state index in [1.807, 2.05) is 37.6 Å². The number of aryl methyl sites for hydroxylation is 3. The highest BCUT2D eigenvalue weighted by Gasteiger charge is 2.36. The molecule has 3 aromatic rings. The molecule has 1 aliphatic carbocycles. The van der Waals surface area contributed by atoms with Crippen LogP contribution in [0.15, 0.2) is 52.3 Å². The molecule has 2 aromatic heterocycles. The van der Waals surface area contributed by atoms with Crippen LogP contribution in [0.4, 0.5) is 8.78 Å². The number of aromatic amines is 1. The number of nitrogens with zero attached hydrogens (tertiary/aromatic N) is 1. The second-order valence-corrected chi connectivity index (χ2v) is 11.0. The number of halogens is 2. The third-order valence-corrected chi connectivity index (χ3v) is 7.72. The summed E-state index contributed by atoms with van der Waals surface area (Å²) in [5.41, 5.74) is 1.97. The Balaban J connectivity index is 0.00000267. The van der Waals surface area contributed by atoms with Gasteiger partial charge < -0.3 is 9.72 Å². The Bertz CT molecular complexity index is 1500. The molecular formula is C26H31F2N3O5S. The number of pyridine rings is 2. The van der Waals surface area contributed by atoms with Gasteiger partial charge in [0.1, 0.15) is 11.3 Å². The molecule has 0 aliphatic heterocycles. The highest BCUT2D eigenvalue weighted by molar-refractivity contribution is 7.90. The summed E-state index contributed by atoms with van der Waals surface area (Å²) in [7, 11) is -4.50. The zero-order valence-electron chi connectivity index (χ0n) is 20.6. The topological polar surface area (TPSA) is 118 Å². The second kappa shape index (κ2) is 10.0. The van der Waals surface area contributed by atoms with E-state index in [0.29, 0.717) is 11.4 Å². The van der Waals surface area contributed by atoms with Crippen molar-refractivity contribution < 1.29 is 29.6 Å². The molecule has 4 rings (SSSR count). The van der Waals surface area contributed by atoms with Gasteiger partial charge in [0, 0.05) is 33.5 Å². The fraction of sp³-hybridized carbons (Fsp3) is 0.346. The monoisotopic (exact) mass is 535 g/mol. The van der Waals surface area contributed by atoms with E-state index in [-0.39, 0.29) is 45.9 Å². The lowest BCUT2D eigenvalue weighted by atomic mass is 9.84. The van der Waals surface area contributed by atoms with Gasteiger partial charge in [0.05, 0.1) is 0 Å². The maximum Gasteiger partial charge on any atom is 0.270 e. The van der Waals surface area contributed by atoms with Crippen molar-refractivity contribution in [2.45, 2.75) is 63.2 Å². The molecule has 37 heavy (non-hydrogen) atoms. The Labute approximate surface area is 216 Å². The summed E-state index contributed by atoms with van der Waals surface area (Å²) in [6, 6.07) is 9.06. The molecule has 0 radical (unpaired) electrons. The number of nitrogens with one attached hydrogen (secondary N) is 2. The first kappa shape index (κ1) is 26.5. The zero-order valence-corrected chi connectivity index (χ0v) is 21.4. The van der Waals surface area contributed by atoms with Gasteiger partial charge in [-0.3, -0.25) is 9.59 Å². The number of ether oxygens (including phenoxy) is 1. The third-order valence-electron chi connectivity index (χ3n) is 6.36. The fourth-order valence-electron chi connectivity index (χ4n) is 4.54. The van der Waals surface area contributed by atoms with Gasteiger partial charge in [0.2, 0.25) is 11.8 Å². The lowest BCUT2D eigenvalue weighted by molar-refractivity contribution is -0.0385. The first-order valence-electron chi connectivity index (χ1n) is 11.8. The number of sulfonamides is 1. The number of rotatable bonds is 6. The number of amides is 1. The number of H-pyrrole nitrogens is 1. The van der Waals surface area contributed by atoms with Gasteiger partial charge in [-0.15, -0.1) is 0 Å². The lowest BCUT2D eigenvalue weighted by Gasteiger charge is -2.28. The van der Waals surface area contributed by atoms with Crippen LogP contribution >= 0.6 is 0 Å². The molecule has 0 saturated heterocycles. The van der Waals surface area contributed by atoms with Gasteiger partial charge >= 0.3 is 0 Å². The molecule has 200 valence electrons. The average Bonchev–Trinajstić information content (AvgIpc) is 2.81. The minimum atomic E-state index is -4.50. The molecule has 1 amide bonds. The molecule has 1 saturated carbocycles. The number of hydrogen-bond acceptors (Lipinski definition) is 6. The molecule has 0 bridgehead atoms. The molecule has 2 N–H and O–H groups in total. The van der Waals surface area contributed by atoms with Crippen LogP contribution in [-0.2, 0) is 10.0 Å². The maximum absolute atomic E-state index is 13.7. The van der Waals surface area contributed by atoms with E-state index in [1.54, 1.807) is 0 Å². The summed E-state index contributed by atoms with van der Waals surface area (Å²) in [5.74, 6) is -3.72. The van der Waals surface area contributed by atoms with Crippen LogP contribution in [0.5, 0.6) is 11.6 Å². The summed E-state index contributed by atoms with van der Waals surface area (Å²) < 4.78 is 60.9. The standard InChI is InChI=1S/C26H27F2N3O5S.2H2/c1-15-13-16(2)22(17(3)14-15)36-25-19(6-7-20(30-25)18-8-10-26(27,28)11-9-18)23(32)31-37(34,35)21-5-4-12-29-24(21)33;;/h4-7,12-14,18H,8-11H2,1-3H3,(H,29,33)(H,31,32);2*1H. The number of benzene rings is 1. The SMILES string of the molecule is Cc1cc(C)c(Oc2nc(C3CCC(F)(F)CC3)ccc2C(=O)NS(=O)(=O)c2ccc[nH]c2=O)c(C)c1.[HH].[HH]. The van der Waals surface area contributed by atoms with Crippen LogP contribution in [0.25, 0.3) is 0 Å². The molecule has 11 heteroatoms. The van der Waals surface area contributed by atoms with Gasteiger partial charge in [0.25, 0.3) is 21.5 Å². The number of hydrogen-bond donors (Lipinski definition) is 2. The Morgan fingerprint density at radius 3 is 2.41 bits per heavy atom. The number of carbonyl (C=O) groups excluding carboxylic acids is 1. The minimum absolute atomic E-state index is 0. The Morgan fingerprint density at radius 2 is 1.78 bits per heavy atom. The quantitative estimate of drug-likeness (QED) is 0.437. The van der Waals surface area contributed by atoms with E-state index in [9.17, 15) is 26.8 Å². The van der Waals surface area contributed by atoms with Crippen LogP contribution < -0.4 is 15.0 Å². The Hall–Kier alpha value is -3.60. The number of alkyl halides is 2. The summed E-state index contributed by atoms with van der Waals surface area (Å²) in [5, 5.41) is 0. The largest absolute Gasteiger partial charge is 0.438 e. The first-order chi connectivity index (χ1) is 17.4. The molecule has 0 unspecified atom stereocenters. The van der Waals surface area contributed by atoms with E-state index in [0.717, 1.165) is 22.8 Å². The van der Waals surface area contributed by atoms with E-state index >= 15 is 0 Å². The zero-order chi connectivity index (χ0) is 27.0. The van der Waals surface area contributed by atoms with Crippen molar-refractivity contribution in [3.63, 3.8) is 0 Å². The van der Waals surface area contributed by atoms with E-state index in [2.05, 4.69) is 9.97 Å². The second-order valence-electron chi connectivity index (χ2n) is 9.35. The van der Waals surface area contributed by atoms with Gasteiger partial charge in [-0.25, -0.2) is 26.9 Å². The van der Waals surface area contributed by atoms with E-state index < -0.39 is 32.3 Å². The molecule has 0 atom stereocenters. The predicted molar refractivity (Wildman–Crippen MR) is 137 cm³/mol. The highest BCUT2D eigenvalue weighted by Crippen LogP contribution is 2.41. The predicted octanol–water partition coefficient (Wildman–Crippen LogP) is 5.39. The molecule has 8 nitrogen and oxygen atoms in total. The first-order valence-corrected chi connectivity index (χ1v) is 13.2. The highest BCUT2D eigenvalue weighted by atomic mass is 32.2. The van der Waals surface area contributed by atoms with Crippen molar-refractivity contribution >= 4 is 15.9 Å². The van der Waals surface area contributed by atoms with E-state index in [1.165, 1.54) is 24.4 Å². The van der Waals surface area contributed by atoms with E-state index in [4.69, 9.17) is 4.74 Å². The van der Waals surface area contributed by atoms with Crippen molar-refractivity contribution in [1.82, 2.24) is 14.7 Å². The minimum Gasteiger partial charge on any atom is -0.438 e. The summed E-state index contributed by atoms with van der Waals surface area (Å²) in [6.07, 6.45) is 1.18. The van der Waals surface area contributed by atoms with Crippen molar-refractivity contribution in [2.75, 3.05) is 0 Å². The van der Waals surface area contributed by atoms with Crippen LogP contribution in [0.1, 0.15) is 67.2 Å². The van der Waals surface area contributed by atoms with Crippen LogP contribution in [0.3, 0.4) is 0 Å².